The largest absolute Gasteiger partial charge is 0.455 e. The number of aromatic nitrogens is 3. The third-order valence-electron chi connectivity index (χ3n) is 2.03. The summed E-state index contributed by atoms with van der Waals surface area (Å²) in [7, 11) is 0. The van der Waals surface area contributed by atoms with E-state index in [2.05, 4.69) is 14.6 Å². The predicted octanol–water partition coefficient (Wildman–Crippen LogP) is 2.67. The van der Waals surface area contributed by atoms with Crippen LogP contribution in [0.25, 0.3) is 0 Å². The van der Waals surface area contributed by atoms with Gasteiger partial charge in [0.25, 0.3) is 0 Å². The molecule has 2 heterocycles. The summed E-state index contributed by atoms with van der Waals surface area (Å²) in [6.07, 6.45) is 3.48. The molecule has 2 aromatic rings. The van der Waals surface area contributed by atoms with Gasteiger partial charge in [0.2, 0.25) is 0 Å². The topological polar surface area (TPSA) is 65.0 Å². The van der Waals surface area contributed by atoms with Crippen molar-refractivity contribution in [3.63, 3.8) is 0 Å². The number of hydrogen-bond acceptors (Lipinski definition) is 7. The highest BCUT2D eigenvalue weighted by molar-refractivity contribution is 7.98. The van der Waals surface area contributed by atoms with E-state index in [1.165, 1.54) is 11.8 Å². The second kappa shape index (κ2) is 6.12. The van der Waals surface area contributed by atoms with Crippen molar-refractivity contribution in [3.05, 3.63) is 33.9 Å². The Hall–Kier alpha value is -1.18. The van der Waals surface area contributed by atoms with Gasteiger partial charge in [0, 0.05) is 17.7 Å². The van der Waals surface area contributed by atoms with Crippen LogP contribution in [0.5, 0.6) is 0 Å². The first-order valence-corrected chi connectivity index (χ1v) is 7.23. The Morgan fingerprint density at radius 3 is 3.11 bits per heavy atom. The Morgan fingerprint density at radius 1 is 1.61 bits per heavy atom. The molecule has 94 valence electrons. The molecule has 0 bridgehead atoms. The molecule has 18 heavy (non-hydrogen) atoms. The summed E-state index contributed by atoms with van der Waals surface area (Å²) in [6.45, 7) is 0.0108. The Balaban J connectivity index is 2.06. The Morgan fingerprint density at radius 2 is 2.44 bits per heavy atom. The van der Waals surface area contributed by atoms with Crippen molar-refractivity contribution in [2.24, 2.45) is 0 Å². The van der Waals surface area contributed by atoms with Gasteiger partial charge in [0.1, 0.15) is 21.7 Å². The number of hydrogen-bond donors (Lipinski definition) is 0. The third kappa shape index (κ3) is 2.98. The molecule has 0 saturated carbocycles. The number of esters is 1. The van der Waals surface area contributed by atoms with Gasteiger partial charge in [-0.1, -0.05) is 16.1 Å². The maximum atomic E-state index is 11.9. The van der Waals surface area contributed by atoms with Gasteiger partial charge in [-0.3, -0.25) is 0 Å². The highest BCUT2D eigenvalue weighted by Gasteiger charge is 2.15. The summed E-state index contributed by atoms with van der Waals surface area (Å²) in [5.41, 5.74) is 0.897. The number of carbonyl (C=O) groups is 1. The number of carbonyl (C=O) groups excluding carboxylic acids is 1. The van der Waals surface area contributed by atoms with Crippen molar-refractivity contribution < 1.29 is 9.53 Å². The second-order valence-electron chi connectivity index (χ2n) is 3.13. The van der Waals surface area contributed by atoms with Crippen molar-refractivity contribution in [2.45, 2.75) is 11.6 Å². The molecule has 0 spiro atoms. The van der Waals surface area contributed by atoms with Crippen molar-refractivity contribution >= 4 is 40.9 Å². The molecular formula is C10H8ClN3O2S2. The molecule has 0 N–H and O–H groups in total. The van der Waals surface area contributed by atoms with E-state index in [9.17, 15) is 4.79 Å². The standard InChI is InChI=1S/C10H8ClN3O2S2/c1-17-9-6(3-2-4-12-9)10(15)16-5-7-8(11)18-14-13-7/h2-4H,5H2,1H3. The fourth-order valence-electron chi connectivity index (χ4n) is 1.20. The smallest absolute Gasteiger partial charge is 0.341 e. The molecule has 0 aliphatic rings. The fourth-order valence-corrected chi connectivity index (χ4v) is 2.34. The monoisotopic (exact) mass is 301 g/mol. The SMILES string of the molecule is CSc1ncccc1C(=O)OCc1nnsc1Cl. The first-order chi connectivity index (χ1) is 8.72. The Kier molecular flexibility index (Phi) is 4.51. The summed E-state index contributed by atoms with van der Waals surface area (Å²) in [4.78, 5) is 16.0. The summed E-state index contributed by atoms with van der Waals surface area (Å²) in [5, 5.41) is 4.39. The number of ether oxygens (including phenoxy) is 1. The minimum absolute atomic E-state index is 0.0108. The predicted molar refractivity (Wildman–Crippen MR) is 70.1 cm³/mol. The molecule has 0 amide bonds. The molecule has 2 aromatic heterocycles. The Labute approximate surface area is 117 Å². The minimum Gasteiger partial charge on any atom is -0.455 e. The lowest BCUT2D eigenvalue weighted by atomic mass is 10.3. The van der Waals surface area contributed by atoms with Crippen LogP contribution in [-0.4, -0.2) is 26.8 Å². The number of nitrogens with zero attached hydrogens (tertiary/aromatic N) is 3. The fraction of sp³-hybridized carbons (Fsp3) is 0.200. The van der Waals surface area contributed by atoms with Crippen LogP contribution >= 0.6 is 34.9 Å². The molecule has 0 saturated heterocycles. The van der Waals surface area contributed by atoms with Crippen LogP contribution in [0.2, 0.25) is 4.34 Å². The van der Waals surface area contributed by atoms with Gasteiger partial charge in [0.05, 0.1) is 5.56 Å². The van der Waals surface area contributed by atoms with Gasteiger partial charge in [-0.25, -0.2) is 9.78 Å². The van der Waals surface area contributed by atoms with Crippen molar-refractivity contribution in [2.75, 3.05) is 6.26 Å². The van der Waals surface area contributed by atoms with Crippen LogP contribution in [0.15, 0.2) is 23.4 Å². The number of rotatable bonds is 4. The number of thioether (sulfide) groups is 1. The van der Waals surface area contributed by atoms with Gasteiger partial charge < -0.3 is 4.74 Å². The van der Waals surface area contributed by atoms with Gasteiger partial charge in [-0.2, -0.15) is 0 Å². The van der Waals surface area contributed by atoms with E-state index in [4.69, 9.17) is 16.3 Å². The maximum absolute atomic E-state index is 11.9. The quantitative estimate of drug-likeness (QED) is 0.639. The van der Waals surface area contributed by atoms with E-state index in [0.717, 1.165) is 11.5 Å². The van der Waals surface area contributed by atoms with Gasteiger partial charge in [-0.15, -0.1) is 16.9 Å². The first kappa shape index (κ1) is 13.3. The molecule has 5 nitrogen and oxygen atoms in total. The maximum Gasteiger partial charge on any atom is 0.341 e. The van der Waals surface area contributed by atoms with Crippen molar-refractivity contribution in [1.29, 1.82) is 0 Å². The van der Waals surface area contributed by atoms with Crippen LogP contribution in [0.4, 0.5) is 0 Å². The Bertz CT molecular complexity index is 562. The van der Waals surface area contributed by atoms with Gasteiger partial charge in [0.15, 0.2) is 0 Å². The zero-order valence-corrected chi connectivity index (χ0v) is 11.7. The van der Waals surface area contributed by atoms with Crippen LogP contribution in [-0.2, 0) is 11.3 Å². The average Bonchev–Trinajstić information content (AvgIpc) is 2.81. The molecule has 0 aliphatic heterocycles. The normalized spacial score (nSPS) is 10.3. The molecule has 0 unspecified atom stereocenters. The van der Waals surface area contributed by atoms with E-state index in [1.807, 2.05) is 6.26 Å². The second-order valence-corrected chi connectivity index (χ2v) is 5.28. The molecular weight excluding hydrogens is 294 g/mol. The molecule has 0 atom stereocenters. The molecule has 2 rings (SSSR count). The number of halogens is 1. The average molecular weight is 302 g/mol. The molecule has 0 radical (unpaired) electrons. The zero-order chi connectivity index (χ0) is 13.0. The van der Waals surface area contributed by atoms with E-state index >= 15 is 0 Å². The minimum atomic E-state index is -0.448. The summed E-state index contributed by atoms with van der Waals surface area (Å²) >= 11 is 8.26. The molecule has 8 heteroatoms. The third-order valence-corrected chi connectivity index (χ3v) is 3.73. The summed E-state index contributed by atoms with van der Waals surface area (Å²) in [5.74, 6) is -0.448. The van der Waals surface area contributed by atoms with Crippen LogP contribution in [0.3, 0.4) is 0 Å². The molecule has 0 fully saturated rings. The van der Waals surface area contributed by atoms with Crippen molar-refractivity contribution in [3.8, 4) is 0 Å². The molecule has 0 aliphatic carbocycles. The van der Waals surface area contributed by atoms with Crippen LogP contribution < -0.4 is 0 Å². The van der Waals surface area contributed by atoms with Gasteiger partial charge in [-0.05, 0) is 18.4 Å². The lowest BCUT2D eigenvalue weighted by Gasteiger charge is -2.05. The summed E-state index contributed by atoms with van der Waals surface area (Å²) in [6, 6.07) is 3.36. The van der Waals surface area contributed by atoms with Crippen LogP contribution in [0.1, 0.15) is 16.1 Å². The lowest BCUT2D eigenvalue weighted by molar-refractivity contribution is 0.0463. The van der Waals surface area contributed by atoms with E-state index in [1.54, 1.807) is 18.3 Å². The molecule has 0 aromatic carbocycles. The van der Waals surface area contributed by atoms with Gasteiger partial charge >= 0.3 is 5.97 Å². The zero-order valence-electron chi connectivity index (χ0n) is 9.29. The number of pyridine rings is 1. The van der Waals surface area contributed by atoms with Crippen LogP contribution in [0, 0.1) is 0 Å². The van der Waals surface area contributed by atoms with E-state index < -0.39 is 5.97 Å². The summed E-state index contributed by atoms with van der Waals surface area (Å²) < 4.78 is 9.21. The highest BCUT2D eigenvalue weighted by atomic mass is 35.5. The first-order valence-electron chi connectivity index (χ1n) is 4.85. The van der Waals surface area contributed by atoms with Crippen molar-refractivity contribution in [1.82, 2.24) is 14.6 Å². The van der Waals surface area contributed by atoms with E-state index in [-0.39, 0.29) is 6.61 Å². The highest BCUT2D eigenvalue weighted by Crippen LogP contribution is 2.20. The van der Waals surface area contributed by atoms with E-state index in [0.29, 0.717) is 20.6 Å². The lowest BCUT2D eigenvalue weighted by Crippen LogP contribution is -2.07.